The van der Waals surface area contributed by atoms with Crippen LogP contribution >= 0.6 is 0 Å². The first-order chi connectivity index (χ1) is 19.9. The molecule has 1 aromatic heterocycles. The summed E-state index contributed by atoms with van der Waals surface area (Å²) in [4.78, 5) is 13.6. The van der Waals surface area contributed by atoms with E-state index in [4.69, 9.17) is 23.4 Å². The Balaban J connectivity index is 1.58. The number of hydrogen-bond acceptors (Lipinski definition) is 16. The Hall–Kier alpha value is -3.71. The lowest BCUT2D eigenvalue weighted by atomic mass is 9.99. The number of phenols is 3. The topological polar surface area (TPSA) is 269 Å². The molecule has 0 aliphatic carbocycles. The van der Waals surface area contributed by atoms with Gasteiger partial charge in [0, 0.05) is 24.1 Å². The van der Waals surface area contributed by atoms with Crippen LogP contribution in [0.4, 0.5) is 0 Å². The Morgan fingerprint density at radius 1 is 0.810 bits per heavy atom. The van der Waals surface area contributed by atoms with Gasteiger partial charge in [-0.1, -0.05) is 0 Å². The standard InChI is InChI=1S/C26H28O16/c27-7-15-19(33)21(35)22(36)26(40-15)38-9-4-12(30)17-14(5-9)39-23(8-1-2-10(28)11(29)3-8)24(20(17)34)41-16-6-13(31)18(32)25(37)42-16/h1-5,13,15-16,18-19,21-22,25-33,35-37H,6-7H2. The zero-order valence-electron chi connectivity index (χ0n) is 21.4. The fourth-order valence-electron chi connectivity index (χ4n) is 4.61. The van der Waals surface area contributed by atoms with Crippen molar-refractivity contribution in [2.24, 2.45) is 0 Å². The predicted molar refractivity (Wildman–Crippen MR) is 135 cm³/mol. The maximum absolute atomic E-state index is 13.6. The van der Waals surface area contributed by atoms with Gasteiger partial charge in [0.15, 0.2) is 23.5 Å². The highest BCUT2D eigenvalue weighted by atomic mass is 16.7. The lowest BCUT2D eigenvalue weighted by Crippen LogP contribution is -2.60. The SMILES string of the molecule is O=c1c(OC2CC(O)C(O)C(O)O2)c(-c2ccc(O)c(O)c2)oc2cc(OC3OC(CO)C(O)C(O)C3O)cc(O)c12. The number of aliphatic hydroxyl groups excluding tert-OH is 7. The summed E-state index contributed by atoms with van der Waals surface area (Å²) in [5, 5.41) is 99.5. The number of ether oxygens (including phenoxy) is 4. The second-order valence-corrected chi connectivity index (χ2v) is 9.79. The molecule has 9 unspecified atom stereocenters. The first-order valence-corrected chi connectivity index (χ1v) is 12.6. The van der Waals surface area contributed by atoms with Crippen molar-refractivity contribution in [3.05, 3.63) is 40.6 Å². The summed E-state index contributed by atoms with van der Waals surface area (Å²) in [5.41, 5.74) is -1.29. The van der Waals surface area contributed by atoms with Crippen LogP contribution in [0.15, 0.2) is 39.5 Å². The van der Waals surface area contributed by atoms with Crippen LogP contribution in [0.25, 0.3) is 22.3 Å². The molecule has 2 fully saturated rings. The van der Waals surface area contributed by atoms with Crippen molar-refractivity contribution in [2.75, 3.05) is 6.61 Å². The monoisotopic (exact) mass is 596 g/mol. The number of hydrogen-bond donors (Lipinski definition) is 10. The van der Waals surface area contributed by atoms with Gasteiger partial charge in [-0.15, -0.1) is 0 Å². The number of phenolic OH excluding ortho intramolecular Hbond substituents is 3. The molecule has 16 nitrogen and oxygen atoms in total. The summed E-state index contributed by atoms with van der Waals surface area (Å²) in [6.45, 7) is -0.716. The molecule has 5 rings (SSSR count). The van der Waals surface area contributed by atoms with E-state index in [1.807, 2.05) is 0 Å². The van der Waals surface area contributed by atoms with Crippen molar-refractivity contribution in [3.8, 4) is 40.1 Å². The Kier molecular flexibility index (Phi) is 8.17. The summed E-state index contributed by atoms with van der Waals surface area (Å²) < 4.78 is 27.5. The molecule has 0 spiro atoms. The molecule has 0 bridgehead atoms. The molecule has 9 atom stereocenters. The summed E-state index contributed by atoms with van der Waals surface area (Å²) in [7, 11) is 0. The van der Waals surface area contributed by atoms with Crippen molar-refractivity contribution < 1.29 is 74.4 Å². The van der Waals surface area contributed by atoms with Crippen LogP contribution in [-0.2, 0) is 9.47 Å². The maximum Gasteiger partial charge on any atom is 0.239 e. The van der Waals surface area contributed by atoms with Crippen LogP contribution in [-0.4, -0.2) is 113 Å². The van der Waals surface area contributed by atoms with Gasteiger partial charge in [-0.05, 0) is 18.2 Å². The highest BCUT2D eigenvalue weighted by Gasteiger charge is 2.45. The Bertz CT molecular complexity index is 1490. The van der Waals surface area contributed by atoms with E-state index < -0.39 is 95.9 Å². The van der Waals surface area contributed by atoms with E-state index in [1.54, 1.807) is 0 Å². The molecule has 2 aliphatic rings. The average Bonchev–Trinajstić information content (AvgIpc) is 2.94. The fraction of sp³-hybridized carbons (Fsp3) is 0.423. The molecule has 0 saturated carbocycles. The first-order valence-electron chi connectivity index (χ1n) is 12.6. The molecule has 42 heavy (non-hydrogen) atoms. The Labute approximate surface area is 235 Å². The molecule has 16 heteroatoms. The van der Waals surface area contributed by atoms with Gasteiger partial charge in [-0.25, -0.2) is 0 Å². The van der Waals surface area contributed by atoms with Crippen LogP contribution in [0.5, 0.6) is 28.7 Å². The highest BCUT2D eigenvalue weighted by molar-refractivity contribution is 5.88. The minimum absolute atomic E-state index is 0.00372. The second kappa shape index (κ2) is 11.5. The molecule has 2 aliphatic heterocycles. The van der Waals surface area contributed by atoms with Crippen LogP contribution < -0.4 is 14.9 Å². The first kappa shape index (κ1) is 29.8. The number of aliphatic hydroxyl groups is 7. The quantitative estimate of drug-likeness (QED) is 0.137. The zero-order chi connectivity index (χ0) is 30.5. The number of fused-ring (bicyclic) bond motifs is 1. The van der Waals surface area contributed by atoms with Gasteiger partial charge < -0.3 is 74.4 Å². The second-order valence-electron chi connectivity index (χ2n) is 9.79. The van der Waals surface area contributed by atoms with Crippen LogP contribution in [0.2, 0.25) is 0 Å². The minimum Gasteiger partial charge on any atom is -0.507 e. The lowest BCUT2D eigenvalue weighted by molar-refractivity contribution is -0.285. The summed E-state index contributed by atoms with van der Waals surface area (Å²) in [6, 6.07) is 5.46. The van der Waals surface area contributed by atoms with E-state index >= 15 is 0 Å². The summed E-state index contributed by atoms with van der Waals surface area (Å²) >= 11 is 0. The number of rotatable bonds is 6. The van der Waals surface area contributed by atoms with Crippen molar-refractivity contribution in [1.82, 2.24) is 0 Å². The van der Waals surface area contributed by atoms with Gasteiger partial charge >= 0.3 is 0 Å². The molecule has 3 heterocycles. The third-order valence-corrected chi connectivity index (χ3v) is 6.91. The Morgan fingerprint density at radius 3 is 2.21 bits per heavy atom. The van der Waals surface area contributed by atoms with Gasteiger partial charge in [-0.2, -0.15) is 0 Å². The van der Waals surface area contributed by atoms with E-state index in [0.717, 1.165) is 24.3 Å². The predicted octanol–water partition coefficient (Wildman–Crippen LogP) is -2.08. The van der Waals surface area contributed by atoms with E-state index in [9.17, 15) is 55.9 Å². The Morgan fingerprint density at radius 2 is 1.55 bits per heavy atom. The third-order valence-electron chi connectivity index (χ3n) is 6.91. The molecule has 0 radical (unpaired) electrons. The van der Waals surface area contributed by atoms with Gasteiger partial charge in [-0.3, -0.25) is 4.79 Å². The lowest BCUT2D eigenvalue weighted by Gasteiger charge is -2.39. The third kappa shape index (κ3) is 5.42. The molecular weight excluding hydrogens is 568 g/mol. The fourth-order valence-corrected chi connectivity index (χ4v) is 4.61. The molecule has 3 aromatic rings. The average molecular weight is 596 g/mol. The van der Waals surface area contributed by atoms with Crippen LogP contribution in [0.3, 0.4) is 0 Å². The highest BCUT2D eigenvalue weighted by Crippen LogP contribution is 2.40. The zero-order valence-corrected chi connectivity index (χ0v) is 21.4. The molecular formula is C26H28O16. The van der Waals surface area contributed by atoms with Crippen molar-refractivity contribution in [3.63, 3.8) is 0 Å². The van der Waals surface area contributed by atoms with Gasteiger partial charge in [0.25, 0.3) is 0 Å². The van der Waals surface area contributed by atoms with Crippen LogP contribution in [0.1, 0.15) is 6.42 Å². The van der Waals surface area contributed by atoms with Crippen molar-refractivity contribution >= 4 is 11.0 Å². The van der Waals surface area contributed by atoms with Gasteiger partial charge in [0.1, 0.15) is 53.0 Å². The van der Waals surface area contributed by atoms with Crippen molar-refractivity contribution in [2.45, 2.75) is 61.9 Å². The minimum atomic E-state index is -1.86. The normalized spacial score (nSPS) is 31.6. The summed E-state index contributed by atoms with van der Waals surface area (Å²) in [6.07, 6.45) is -14.9. The molecule has 2 saturated heterocycles. The van der Waals surface area contributed by atoms with Crippen LogP contribution in [0, 0.1) is 0 Å². The molecule has 0 amide bonds. The molecule has 2 aromatic carbocycles. The molecule has 10 N–H and O–H groups in total. The van der Waals surface area contributed by atoms with Crippen molar-refractivity contribution in [1.29, 1.82) is 0 Å². The molecule has 228 valence electrons. The number of aromatic hydroxyl groups is 3. The smallest absolute Gasteiger partial charge is 0.239 e. The van der Waals surface area contributed by atoms with E-state index in [-0.39, 0.29) is 29.1 Å². The van der Waals surface area contributed by atoms with Gasteiger partial charge in [0.2, 0.25) is 23.8 Å². The summed E-state index contributed by atoms with van der Waals surface area (Å²) in [5.74, 6) is -2.97. The van der Waals surface area contributed by atoms with E-state index in [1.165, 1.54) is 6.07 Å². The van der Waals surface area contributed by atoms with E-state index in [2.05, 4.69) is 0 Å². The largest absolute Gasteiger partial charge is 0.507 e. The van der Waals surface area contributed by atoms with Gasteiger partial charge in [0.05, 0.1) is 12.7 Å². The number of benzene rings is 2. The maximum atomic E-state index is 13.6. The van der Waals surface area contributed by atoms with E-state index in [0.29, 0.717) is 0 Å².